The van der Waals surface area contributed by atoms with Crippen LogP contribution >= 0.6 is 0 Å². The van der Waals surface area contributed by atoms with Crippen LogP contribution in [0.15, 0.2) is 0 Å². The molecule has 6 nitrogen and oxygen atoms in total. The predicted molar refractivity (Wildman–Crippen MR) is 91.3 cm³/mol. The molecule has 0 spiro atoms. The Morgan fingerprint density at radius 1 is 0.958 bits per heavy atom. The molecule has 6 heteroatoms. The highest BCUT2D eigenvalue weighted by Crippen LogP contribution is 2.27. The first-order valence-corrected chi connectivity index (χ1v) is 9.52. The second kappa shape index (κ2) is 7.83. The molecular formula is C18H31N3O3. The number of nitrogens with zero attached hydrogens (tertiary/aromatic N) is 2. The van der Waals surface area contributed by atoms with Crippen molar-refractivity contribution in [3.05, 3.63) is 0 Å². The standard InChI is InChI=1S/C18H31N3O3/c19-18(6-12-24-13-7-18)17(23)21-10-8-20(9-11-21)16(22)14-15-4-2-1-3-5-15/h15H,1-14,19H2. The Morgan fingerprint density at radius 2 is 1.54 bits per heavy atom. The molecule has 0 aromatic rings. The van der Waals surface area contributed by atoms with Crippen molar-refractivity contribution in [2.75, 3.05) is 39.4 Å². The Morgan fingerprint density at radius 3 is 2.17 bits per heavy atom. The molecule has 1 saturated carbocycles. The number of amides is 2. The lowest BCUT2D eigenvalue weighted by Crippen LogP contribution is -2.61. The molecule has 0 bridgehead atoms. The van der Waals surface area contributed by atoms with Gasteiger partial charge in [-0.1, -0.05) is 19.3 Å². The van der Waals surface area contributed by atoms with Crippen LogP contribution in [0.3, 0.4) is 0 Å². The first kappa shape index (κ1) is 17.7. The molecule has 0 aromatic carbocycles. The molecular weight excluding hydrogens is 306 g/mol. The van der Waals surface area contributed by atoms with Gasteiger partial charge in [-0.2, -0.15) is 0 Å². The average Bonchev–Trinajstić information content (AvgIpc) is 2.63. The van der Waals surface area contributed by atoms with Crippen LogP contribution in [0.5, 0.6) is 0 Å². The third-order valence-electron chi connectivity index (χ3n) is 5.92. The summed E-state index contributed by atoms with van der Waals surface area (Å²) < 4.78 is 5.32. The number of hydrogen-bond acceptors (Lipinski definition) is 4. The smallest absolute Gasteiger partial charge is 0.242 e. The van der Waals surface area contributed by atoms with Gasteiger partial charge in [-0.25, -0.2) is 0 Å². The summed E-state index contributed by atoms with van der Waals surface area (Å²) in [6, 6.07) is 0. The predicted octanol–water partition coefficient (Wildman–Crippen LogP) is 1.14. The quantitative estimate of drug-likeness (QED) is 0.838. The van der Waals surface area contributed by atoms with E-state index in [9.17, 15) is 9.59 Å². The highest BCUT2D eigenvalue weighted by molar-refractivity contribution is 5.86. The maximum atomic E-state index is 12.7. The number of hydrogen-bond donors (Lipinski definition) is 1. The molecule has 2 amide bonds. The summed E-state index contributed by atoms with van der Waals surface area (Å²) in [5.74, 6) is 0.869. The summed E-state index contributed by atoms with van der Waals surface area (Å²) in [6.07, 6.45) is 8.11. The Balaban J connectivity index is 1.46. The SMILES string of the molecule is NC1(C(=O)N2CCN(C(=O)CC3CCCCC3)CC2)CCOCC1. The lowest BCUT2D eigenvalue weighted by molar-refractivity contribution is -0.146. The van der Waals surface area contributed by atoms with Crippen LogP contribution in [0.1, 0.15) is 51.4 Å². The third kappa shape index (κ3) is 4.09. The van der Waals surface area contributed by atoms with Gasteiger partial charge in [0.1, 0.15) is 0 Å². The first-order chi connectivity index (χ1) is 11.6. The van der Waals surface area contributed by atoms with E-state index >= 15 is 0 Å². The van der Waals surface area contributed by atoms with E-state index in [0.717, 1.165) is 0 Å². The molecule has 3 rings (SSSR count). The van der Waals surface area contributed by atoms with Crippen molar-refractivity contribution < 1.29 is 14.3 Å². The van der Waals surface area contributed by atoms with Gasteiger partial charge in [0, 0.05) is 45.8 Å². The number of carbonyl (C=O) groups excluding carboxylic acids is 2. The van der Waals surface area contributed by atoms with E-state index in [1.165, 1.54) is 32.1 Å². The number of carbonyl (C=O) groups is 2. The Labute approximate surface area is 144 Å². The van der Waals surface area contributed by atoms with E-state index in [-0.39, 0.29) is 11.8 Å². The zero-order chi connectivity index (χ0) is 17.0. The zero-order valence-corrected chi connectivity index (χ0v) is 14.7. The van der Waals surface area contributed by atoms with Crippen LogP contribution in [0.25, 0.3) is 0 Å². The zero-order valence-electron chi connectivity index (χ0n) is 14.7. The maximum absolute atomic E-state index is 12.7. The van der Waals surface area contributed by atoms with Crippen LogP contribution < -0.4 is 5.73 Å². The second-order valence-corrected chi connectivity index (χ2v) is 7.65. The molecule has 2 saturated heterocycles. The molecule has 3 aliphatic rings. The second-order valence-electron chi connectivity index (χ2n) is 7.65. The molecule has 2 heterocycles. The van der Waals surface area contributed by atoms with Gasteiger partial charge in [0.05, 0.1) is 5.54 Å². The highest BCUT2D eigenvalue weighted by Gasteiger charge is 2.40. The largest absolute Gasteiger partial charge is 0.381 e. The van der Waals surface area contributed by atoms with E-state index in [0.29, 0.717) is 64.6 Å². The van der Waals surface area contributed by atoms with Crippen LogP contribution in [0.4, 0.5) is 0 Å². The lowest BCUT2D eigenvalue weighted by Gasteiger charge is -2.41. The third-order valence-corrected chi connectivity index (χ3v) is 5.92. The van der Waals surface area contributed by atoms with Crippen molar-refractivity contribution in [2.24, 2.45) is 11.7 Å². The Hall–Kier alpha value is -1.14. The van der Waals surface area contributed by atoms with Crippen molar-refractivity contribution in [3.8, 4) is 0 Å². The molecule has 2 aliphatic heterocycles. The van der Waals surface area contributed by atoms with Gasteiger partial charge >= 0.3 is 0 Å². The molecule has 3 fully saturated rings. The van der Waals surface area contributed by atoms with Gasteiger partial charge in [0.2, 0.25) is 11.8 Å². The number of piperazine rings is 1. The molecule has 0 aromatic heterocycles. The van der Waals surface area contributed by atoms with Gasteiger partial charge < -0.3 is 20.3 Å². The summed E-state index contributed by atoms with van der Waals surface area (Å²) in [6.45, 7) is 3.61. The number of rotatable bonds is 3. The van der Waals surface area contributed by atoms with Crippen molar-refractivity contribution in [2.45, 2.75) is 56.9 Å². The minimum atomic E-state index is -0.771. The number of nitrogens with two attached hydrogens (primary N) is 1. The van der Waals surface area contributed by atoms with Crippen LogP contribution in [0.2, 0.25) is 0 Å². The van der Waals surface area contributed by atoms with E-state index in [4.69, 9.17) is 10.5 Å². The summed E-state index contributed by atoms with van der Waals surface area (Å²) in [5.41, 5.74) is 5.53. The highest BCUT2D eigenvalue weighted by atomic mass is 16.5. The molecule has 0 unspecified atom stereocenters. The maximum Gasteiger partial charge on any atom is 0.242 e. The van der Waals surface area contributed by atoms with Crippen LogP contribution in [-0.2, 0) is 14.3 Å². The van der Waals surface area contributed by atoms with Crippen LogP contribution in [0, 0.1) is 5.92 Å². The van der Waals surface area contributed by atoms with Gasteiger partial charge in [0.25, 0.3) is 0 Å². The molecule has 136 valence electrons. The fourth-order valence-corrected chi connectivity index (χ4v) is 4.19. The molecule has 24 heavy (non-hydrogen) atoms. The molecule has 1 aliphatic carbocycles. The number of ether oxygens (including phenoxy) is 1. The monoisotopic (exact) mass is 337 g/mol. The lowest BCUT2D eigenvalue weighted by atomic mass is 9.86. The fraction of sp³-hybridized carbons (Fsp3) is 0.889. The van der Waals surface area contributed by atoms with Crippen molar-refractivity contribution >= 4 is 11.8 Å². The fourth-order valence-electron chi connectivity index (χ4n) is 4.19. The summed E-state index contributed by atoms with van der Waals surface area (Å²) in [7, 11) is 0. The van der Waals surface area contributed by atoms with E-state index < -0.39 is 5.54 Å². The molecule has 2 N–H and O–H groups in total. The van der Waals surface area contributed by atoms with Crippen LogP contribution in [-0.4, -0.2) is 66.5 Å². The van der Waals surface area contributed by atoms with Crippen molar-refractivity contribution in [1.29, 1.82) is 0 Å². The molecule has 0 radical (unpaired) electrons. The van der Waals surface area contributed by atoms with E-state index in [1.54, 1.807) is 0 Å². The van der Waals surface area contributed by atoms with Crippen molar-refractivity contribution in [1.82, 2.24) is 9.80 Å². The minimum absolute atomic E-state index is 0.0326. The normalized spacial score (nSPS) is 25.5. The van der Waals surface area contributed by atoms with Crippen molar-refractivity contribution in [3.63, 3.8) is 0 Å². The minimum Gasteiger partial charge on any atom is -0.381 e. The van der Waals surface area contributed by atoms with Gasteiger partial charge in [0.15, 0.2) is 0 Å². The van der Waals surface area contributed by atoms with E-state index in [2.05, 4.69) is 0 Å². The van der Waals surface area contributed by atoms with Gasteiger partial charge in [-0.05, 0) is 31.6 Å². The Bertz CT molecular complexity index is 448. The first-order valence-electron chi connectivity index (χ1n) is 9.52. The molecule has 0 atom stereocenters. The Kier molecular flexibility index (Phi) is 5.76. The van der Waals surface area contributed by atoms with Gasteiger partial charge in [-0.3, -0.25) is 9.59 Å². The summed E-state index contributed by atoms with van der Waals surface area (Å²) >= 11 is 0. The summed E-state index contributed by atoms with van der Waals surface area (Å²) in [4.78, 5) is 29.0. The topological polar surface area (TPSA) is 75.9 Å². The summed E-state index contributed by atoms with van der Waals surface area (Å²) in [5, 5.41) is 0. The van der Waals surface area contributed by atoms with Gasteiger partial charge in [-0.15, -0.1) is 0 Å². The average molecular weight is 337 g/mol. The van der Waals surface area contributed by atoms with E-state index in [1.807, 2.05) is 9.80 Å².